The first kappa shape index (κ1) is 13.1. The van der Waals surface area contributed by atoms with Crippen LogP contribution in [0.2, 0.25) is 0 Å². The zero-order valence-corrected chi connectivity index (χ0v) is 11.3. The van der Waals surface area contributed by atoms with Crippen molar-refractivity contribution in [3.05, 3.63) is 81.7 Å². The Bertz CT molecular complexity index is 899. The Morgan fingerprint density at radius 3 is 2.38 bits per heavy atom. The van der Waals surface area contributed by atoms with Gasteiger partial charge in [-0.1, -0.05) is 42.5 Å². The van der Waals surface area contributed by atoms with E-state index in [0.717, 1.165) is 0 Å². The molecule has 0 unspecified atom stereocenters. The Morgan fingerprint density at radius 1 is 1.05 bits per heavy atom. The van der Waals surface area contributed by atoms with Gasteiger partial charge in [0.15, 0.2) is 0 Å². The largest absolute Gasteiger partial charge is 0.805 e. The van der Waals surface area contributed by atoms with E-state index in [1.165, 1.54) is 13.0 Å². The van der Waals surface area contributed by atoms with E-state index in [0.29, 0.717) is 14.7 Å². The molecule has 0 aliphatic carbocycles. The van der Waals surface area contributed by atoms with Crippen LogP contribution in [0.1, 0.15) is 21.7 Å². The van der Waals surface area contributed by atoms with Crippen LogP contribution in [0.15, 0.2) is 54.6 Å². The minimum Gasteiger partial charge on any atom is -0.805 e. The first-order valence-electron chi connectivity index (χ1n) is 6.45. The summed E-state index contributed by atoms with van der Waals surface area (Å²) in [4.78, 5) is 25.0. The zero-order chi connectivity index (χ0) is 15.0. The molecule has 3 rings (SSSR count). The Labute approximate surface area is 120 Å². The molecule has 21 heavy (non-hydrogen) atoms. The molecule has 0 fully saturated rings. The zero-order valence-electron chi connectivity index (χ0n) is 11.3. The number of para-hydroxylation sites is 2. The molecule has 104 valence electrons. The molecule has 1 aromatic heterocycles. The van der Waals surface area contributed by atoms with Gasteiger partial charge in [-0.15, -0.1) is 0 Å². The number of hydrogen-bond donors (Lipinski definition) is 0. The Hall–Kier alpha value is -2.95. The summed E-state index contributed by atoms with van der Waals surface area (Å²) in [7, 11) is 0. The van der Waals surface area contributed by atoms with Crippen LogP contribution < -0.4 is 4.43 Å². The summed E-state index contributed by atoms with van der Waals surface area (Å²) >= 11 is 0. The lowest BCUT2D eigenvalue weighted by molar-refractivity contribution is -0.468. The van der Waals surface area contributed by atoms with Crippen molar-refractivity contribution in [2.45, 2.75) is 6.92 Å². The van der Waals surface area contributed by atoms with Gasteiger partial charge in [-0.3, -0.25) is 4.79 Å². The first-order chi connectivity index (χ1) is 10.1. The van der Waals surface area contributed by atoms with Gasteiger partial charge in [-0.2, -0.15) is 0 Å². The maximum absolute atomic E-state index is 12.5. The van der Waals surface area contributed by atoms with Crippen molar-refractivity contribution >= 4 is 16.8 Å². The topological polar surface area (TPSA) is 68.0 Å². The molecular weight excluding hydrogens is 268 g/mol. The molecule has 0 aliphatic rings. The van der Waals surface area contributed by atoms with Crippen molar-refractivity contribution in [3.63, 3.8) is 0 Å². The highest BCUT2D eigenvalue weighted by molar-refractivity contribution is 6.07. The average molecular weight is 280 g/mol. The number of carbonyl (C=O) groups excluding carboxylic acids is 1. The molecule has 0 bridgehead atoms. The van der Waals surface area contributed by atoms with E-state index >= 15 is 0 Å². The normalized spacial score (nSPS) is 10.7. The second-order valence-corrected chi connectivity index (χ2v) is 4.71. The van der Waals surface area contributed by atoms with Crippen molar-refractivity contribution in [2.75, 3.05) is 0 Å². The molecule has 1 heterocycles. The Kier molecular flexibility index (Phi) is 3.02. The summed E-state index contributed by atoms with van der Waals surface area (Å²) in [6, 6.07) is 14.9. The van der Waals surface area contributed by atoms with Gasteiger partial charge >= 0.3 is 5.69 Å². The van der Waals surface area contributed by atoms with Gasteiger partial charge in [-0.25, -0.2) is 0 Å². The van der Waals surface area contributed by atoms with Crippen LogP contribution in [-0.2, 0) is 0 Å². The lowest BCUT2D eigenvalue weighted by Gasteiger charge is -2.15. The predicted molar refractivity (Wildman–Crippen MR) is 78.7 cm³/mol. The van der Waals surface area contributed by atoms with Gasteiger partial charge in [0.05, 0.1) is 10.1 Å². The number of rotatable bonds is 2. The van der Waals surface area contributed by atoms with Crippen molar-refractivity contribution in [1.82, 2.24) is 4.73 Å². The van der Waals surface area contributed by atoms with Gasteiger partial charge in [0.25, 0.3) is 11.3 Å². The molecule has 0 N–H and O–H groups in total. The van der Waals surface area contributed by atoms with Gasteiger partial charge < -0.3 is 9.94 Å². The van der Waals surface area contributed by atoms with Crippen LogP contribution in [0.3, 0.4) is 0 Å². The number of fused-ring (bicyclic) bond motifs is 1. The summed E-state index contributed by atoms with van der Waals surface area (Å²) in [6.07, 6.45) is 0. The minimum atomic E-state index is -0.460. The van der Waals surface area contributed by atoms with Crippen molar-refractivity contribution in [3.8, 4) is 0 Å². The van der Waals surface area contributed by atoms with Crippen LogP contribution in [-0.4, -0.2) is 10.5 Å². The van der Waals surface area contributed by atoms with Crippen molar-refractivity contribution in [2.24, 2.45) is 0 Å². The summed E-state index contributed by atoms with van der Waals surface area (Å²) in [5.41, 5.74) is 0.750. The predicted octanol–water partition coefficient (Wildman–Crippen LogP) is 2.44. The fourth-order valence-corrected chi connectivity index (χ4v) is 2.33. The molecule has 0 amide bonds. The Balaban J connectivity index is 2.34. The second kappa shape index (κ2) is 4.86. The van der Waals surface area contributed by atoms with Crippen LogP contribution in [0.5, 0.6) is 0 Å². The molecule has 0 saturated heterocycles. The van der Waals surface area contributed by atoms with Gasteiger partial charge in [0.2, 0.25) is 0 Å². The van der Waals surface area contributed by atoms with Crippen LogP contribution in [0.4, 0.5) is 0 Å². The minimum absolute atomic E-state index is 0.0950. The SMILES string of the molecule is Cc1c(C(=O)c2ccccc2)[n+](=O)c2ccccc2n1[O-]. The van der Waals surface area contributed by atoms with E-state index in [2.05, 4.69) is 0 Å². The van der Waals surface area contributed by atoms with E-state index in [1.54, 1.807) is 48.5 Å². The van der Waals surface area contributed by atoms with Crippen LogP contribution in [0, 0.1) is 17.0 Å². The number of aromatic nitrogens is 2. The van der Waals surface area contributed by atoms with Crippen molar-refractivity contribution < 1.29 is 9.22 Å². The number of benzene rings is 2. The summed E-state index contributed by atoms with van der Waals surface area (Å²) in [5.74, 6) is -0.460. The number of nitrogens with zero attached hydrogens (tertiary/aromatic N) is 2. The van der Waals surface area contributed by atoms with E-state index < -0.39 is 5.78 Å². The van der Waals surface area contributed by atoms with E-state index in [1.807, 2.05) is 0 Å². The Morgan fingerprint density at radius 2 is 1.67 bits per heavy atom. The standard InChI is InChI=1S/C16H12N2O3/c1-11-15(16(19)12-7-3-2-4-8-12)18(21)14-10-6-5-9-13(14)17(11)20/h2-10H,1H3. The molecule has 0 aliphatic heterocycles. The highest BCUT2D eigenvalue weighted by Crippen LogP contribution is 2.16. The smallest absolute Gasteiger partial charge is 0.329 e. The van der Waals surface area contributed by atoms with Crippen LogP contribution >= 0.6 is 0 Å². The number of carbonyl (C=O) groups is 1. The summed E-state index contributed by atoms with van der Waals surface area (Å²) in [6.45, 7) is 1.48. The summed E-state index contributed by atoms with van der Waals surface area (Å²) in [5, 5.41) is 12.2. The third kappa shape index (κ3) is 1.99. The maximum Gasteiger partial charge on any atom is 0.329 e. The van der Waals surface area contributed by atoms with Crippen molar-refractivity contribution in [1.29, 1.82) is 0 Å². The molecule has 3 aromatic rings. The molecule has 0 saturated carbocycles. The maximum atomic E-state index is 12.5. The summed E-state index contributed by atoms with van der Waals surface area (Å²) < 4.78 is 1.16. The third-order valence-corrected chi connectivity index (χ3v) is 3.42. The van der Waals surface area contributed by atoms with Crippen LogP contribution in [0.25, 0.3) is 11.0 Å². The van der Waals surface area contributed by atoms with E-state index in [4.69, 9.17) is 0 Å². The lowest BCUT2D eigenvalue weighted by Crippen LogP contribution is -2.30. The third-order valence-electron chi connectivity index (χ3n) is 3.42. The number of hydrogen-bond acceptors (Lipinski definition) is 3. The molecular formula is C16H12N2O3. The number of ketones is 1. The molecule has 0 spiro atoms. The highest BCUT2D eigenvalue weighted by atomic mass is 16.5. The average Bonchev–Trinajstić information content (AvgIpc) is 2.53. The molecule has 5 heteroatoms. The fourth-order valence-electron chi connectivity index (χ4n) is 2.33. The fraction of sp³-hybridized carbons (Fsp3) is 0.0625. The molecule has 5 nitrogen and oxygen atoms in total. The molecule has 2 aromatic carbocycles. The monoisotopic (exact) mass is 280 g/mol. The quantitative estimate of drug-likeness (QED) is 0.535. The van der Waals surface area contributed by atoms with E-state index in [-0.39, 0.29) is 22.4 Å². The molecule has 0 atom stereocenters. The van der Waals surface area contributed by atoms with Gasteiger partial charge in [-0.05, 0) is 13.0 Å². The van der Waals surface area contributed by atoms with Gasteiger partial charge in [0, 0.05) is 16.5 Å². The highest BCUT2D eigenvalue weighted by Gasteiger charge is 2.27. The van der Waals surface area contributed by atoms with Gasteiger partial charge in [0.1, 0.15) is 5.52 Å². The van der Waals surface area contributed by atoms with E-state index in [9.17, 15) is 14.9 Å². The molecule has 0 radical (unpaired) electrons. The lowest BCUT2D eigenvalue weighted by atomic mass is 10.1. The second-order valence-electron chi connectivity index (χ2n) is 4.71. The first-order valence-corrected chi connectivity index (χ1v) is 6.45.